The maximum atomic E-state index is 10.8. The van der Waals surface area contributed by atoms with Gasteiger partial charge in [-0.05, 0) is 32.1 Å². The Hall–Kier alpha value is -1.12. The van der Waals surface area contributed by atoms with Crippen LogP contribution in [-0.2, 0) is 4.79 Å². The molecule has 1 aliphatic rings. The van der Waals surface area contributed by atoms with Gasteiger partial charge in [0, 0.05) is 17.8 Å². The Morgan fingerprint density at radius 3 is 2.93 bits per heavy atom. The zero-order valence-corrected chi connectivity index (χ0v) is 9.33. The topological polar surface area (TPSA) is 49.7 Å². The van der Waals surface area contributed by atoms with Crippen molar-refractivity contribution < 1.29 is 9.90 Å². The number of carboxylic acid groups (broad SMARTS) is 1. The van der Waals surface area contributed by atoms with Crippen LogP contribution in [-0.4, -0.2) is 23.3 Å². The quantitative estimate of drug-likeness (QED) is 0.724. The van der Waals surface area contributed by atoms with Gasteiger partial charge in [0.1, 0.15) is 0 Å². The van der Waals surface area contributed by atoms with E-state index < -0.39 is 5.97 Å². The minimum atomic E-state index is -0.773. The number of unbranched alkanes of at least 4 members (excludes halogenated alkanes) is 1. The highest BCUT2D eigenvalue weighted by atomic mass is 16.4. The lowest BCUT2D eigenvalue weighted by atomic mass is 10.1. The Morgan fingerprint density at radius 1 is 1.47 bits per heavy atom. The van der Waals surface area contributed by atoms with E-state index in [9.17, 15) is 4.79 Å². The molecule has 0 fully saturated rings. The molecule has 1 rings (SSSR count). The summed E-state index contributed by atoms with van der Waals surface area (Å²) in [6, 6.07) is 0. The first-order valence-corrected chi connectivity index (χ1v) is 5.68. The fourth-order valence-electron chi connectivity index (χ4n) is 1.67. The molecular formula is C12H19NO2. The number of rotatable bonds is 4. The molecule has 3 nitrogen and oxygen atoms in total. The Morgan fingerprint density at radius 2 is 2.27 bits per heavy atom. The molecule has 1 N–H and O–H groups in total. The van der Waals surface area contributed by atoms with E-state index in [4.69, 9.17) is 5.11 Å². The van der Waals surface area contributed by atoms with Gasteiger partial charge in [-0.25, -0.2) is 4.79 Å². The fourth-order valence-corrected chi connectivity index (χ4v) is 1.67. The summed E-state index contributed by atoms with van der Waals surface area (Å²) in [5.74, 6) is -0.773. The molecule has 0 aliphatic heterocycles. The predicted octanol–water partition coefficient (Wildman–Crippen LogP) is 2.81. The fraction of sp³-hybridized carbons (Fsp3) is 0.667. The van der Waals surface area contributed by atoms with Crippen molar-refractivity contribution in [3.05, 3.63) is 11.6 Å². The second-order valence-electron chi connectivity index (χ2n) is 3.87. The zero-order valence-electron chi connectivity index (χ0n) is 9.33. The van der Waals surface area contributed by atoms with Crippen molar-refractivity contribution in [2.24, 2.45) is 4.99 Å². The van der Waals surface area contributed by atoms with E-state index in [1.165, 1.54) is 5.71 Å². The normalized spacial score (nSPS) is 19.8. The third-order valence-electron chi connectivity index (χ3n) is 2.63. The second-order valence-corrected chi connectivity index (χ2v) is 3.87. The van der Waals surface area contributed by atoms with Crippen molar-refractivity contribution >= 4 is 11.7 Å². The molecule has 0 spiro atoms. The average Bonchev–Trinajstić information content (AvgIpc) is 2.44. The zero-order chi connectivity index (χ0) is 11.1. The minimum Gasteiger partial charge on any atom is -0.478 e. The highest BCUT2D eigenvalue weighted by molar-refractivity contribution is 5.91. The van der Waals surface area contributed by atoms with Gasteiger partial charge in [0.2, 0.25) is 0 Å². The molecule has 0 atom stereocenters. The standard InChI is InChI=1S/C12H19NO2/c1-2-3-9-13-11-6-4-5-10(7-8-11)12(14)15/h5H,2-4,6-9H2,1H3,(H,14,15). The van der Waals surface area contributed by atoms with Crippen LogP contribution in [0.5, 0.6) is 0 Å². The van der Waals surface area contributed by atoms with Crippen LogP contribution in [0.25, 0.3) is 0 Å². The monoisotopic (exact) mass is 209 g/mol. The van der Waals surface area contributed by atoms with Crippen LogP contribution in [0, 0.1) is 0 Å². The summed E-state index contributed by atoms with van der Waals surface area (Å²) in [5, 5.41) is 8.86. The van der Waals surface area contributed by atoms with Gasteiger partial charge in [-0.15, -0.1) is 0 Å². The van der Waals surface area contributed by atoms with Crippen molar-refractivity contribution in [3.8, 4) is 0 Å². The van der Waals surface area contributed by atoms with Gasteiger partial charge in [0.05, 0.1) is 0 Å². The molecule has 0 amide bonds. The van der Waals surface area contributed by atoms with Gasteiger partial charge in [-0.2, -0.15) is 0 Å². The molecule has 0 aromatic rings. The summed E-state index contributed by atoms with van der Waals surface area (Å²) in [6.45, 7) is 3.05. The maximum Gasteiger partial charge on any atom is 0.331 e. The van der Waals surface area contributed by atoms with E-state index in [1.807, 2.05) is 6.08 Å². The summed E-state index contributed by atoms with van der Waals surface area (Å²) in [5.41, 5.74) is 1.74. The van der Waals surface area contributed by atoms with E-state index in [0.29, 0.717) is 12.0 Å². The Labute approximate surface area is 90.9 Å². The Bertz CT molecular complexity index is 279. The summed E-state index contributed by atoms with van der Waals surface area (Å²) in [7, 11) is 0. The van der Waals surface area contributed by atoms with Crippen molar-refractivity contribution in [3.63, 3.8) is 0 Å². The highest BCUT2D eigenvalue weighted by Crippen LogP contribution is 2.16. The first-order chi connectivity index (χ1) is 7.24. The first kappa shape index (κ1) is 12.0. The molecule has 0 bridgehead atoms. The predicted molar refractivity (Wildman–Crippen MR) is 61.4 cm³/mol. The van der Waals surface area contributed by atoms with Crippen LogP contribution in [0.15, 0.2) is 16.6 Å². The number of aliphatic imine (C=N–C) groups is 1. The van der Waals surface area contributed by atoms with E-state index in [0.717, 1.165) is 38.6 Å². The second kappa shape index (κ2) is 6.38. The van der Waals surface area contributed by atoms with Crippen LogP contribution in [0.2, 0.25) is 0 Å². The van der Waals surface area contributed by atoms with Crippen LogP contribution in [0.1, 0.15) is 45.4 Å². The molecule has 84 valence electrons. The molecule has 0 radical (unpaired) electrons. The molecule has 0 saturated carbocycles. The number of nitrogens with zero attached hydrogens (tertiary/aromatic N) is 1. The summed E-state index contributed by atoms with van der Waals surface area (Å²) >= 11 is 0. The van der Waals surface area contributed by atoms with Gasteiger partial charge < -0.3 is 5.11 Å². The van der Waals surface area contributed by atoms with Crippen molar-refractivity contribution in [2.75, 3.05) is 6.54 Å². The lowest BCUT2D eigenvalue weighted by Gasteiger charge is -2.01. The smallest absolute Gasteiger partial charge is 0.331 e. The number of allylic oxidation sites excluding steroid dienone is 1. The number of hydrogen-bond acceptors (Lipinski definition) is 2. The van der Waals surface area contributed by atoms with Crippen molar-refractivity contribution in [1.29, 1.82) is 0 Å². The van der Waals surface area contributed by atoms with Gasteiger partial charge >= 0.3 is 5.97 Å². The van der Waals surface area contributed by atoms with E-state index in [1.54, 1.807) is 0 Å². The van der Waals surface area contributed by atoms with Crippen molar-refractivity contribution in [2.45, 2.75) is 45.4 Å². The number of carboxylic acids is 1. The van der Waals surface area contributed by atoms with Crippen LogP contribution in [0.3, 0.4) is 0 Å². The molecule has 1 aliphatic carbocycles. The first-order valence-electron chi connectivity index (χ1n) is 5.68. The van der Waals surface area contributed by atoms with Crippen molar-refractivity contribution in [1.82, 2.24) is 0 Å². The number of aliphatic carboxylic acids is 1. The van der Waals surface area contributed by atoms with Crippen LogP contribution in [0.4, 0.5) is 0 Å². The summed E-state index contributed by atoms with van der Waals surface area (Å²) < 4.78 is 0. The third-order valence-corrected chi connectivity index (χ3v) is 2.63. The summed E-state index contributed by atoms with van der Waals surface area (Å²) in [6.07, 6.45) is 7.35. The molecule has 0 saturated heterocycles. The van der Waals surface area contributed by atoms with Crippen LogP contribution < -0.4 is 0 Å². The number of carbonyl (C=O) groups is 1. The molecule has 0 unspecified atom stereocenters. The van der Waals surface area contributed by atoms with Gasteiger partial charge in [0.25, 0.3) is 0 Å². The third kappa shape index (κ3) is 4.28. The van der Waals surface area contributed by atoms with Gasteiger partial charge in [-0.3, -0.25) is 4.99 Å². The van der Waals surface area contributed by atoms with Crippen LogP contribution >= 0.6 is 0 Å². The maximum absolute atomic E-state index is 10.8. The molecule has 0 heterocycles. The number of hydrogen-bond donors (Lipinski definition) is 1. The Balaban J connectivity index is 2.43. The highest BCUT2D eigenvalue weighted by Gasteiger charge is 2.12. The molecule has 0 aromatic carbocycles. The molecular weight excluding hydrogens is 190 g/mol. The Kier molecular flexibility index (Phi) is 5.08. The van der Waals surface area contributed by atoms with E-state index in [-0.39, 0.29) is 0 Å². The SMILES string of the molecule is CCCCN=C1CCC=C(C(=O)O)CC1. The van der Waals surface area contributed by atoms with E-state index in [2.05, 4.69) is 11.9 Å². The van der Waals surface area contributed by atoms with Gasteiger partial charge in [0.15, 0.2) is 0 Å². The summed E-state index contributed by atoms with van der Waals surface area (Å²) in [4.78, 5) is 15.3. The molecule has 15 heavy (non-hydrogen) atoms. The molecule has 0 aromatic heterocycles. The average molecular weight is 209 g/mol. The lowest BCUT2D eigenvalue weighted by Crippen LogP contribution is -2.02. The van der Waals surface area contributed by atoms with Gasteiger partial charge in [-0.1, -0.05) is 19.4 Å². The van der Waals surface area contributed by atoms with E-state index >= 15 is 0 Å². The minimum absolute atomic E-state index is 0.552. The lowest BCUT2D eigenvalue weighted by molar-refractivity contribution is -0.132. The largest absolute Gasteiger partial charge is 0.478 e. The molecule has 3 heteroatoms.